The third-order valence-corrected chi connectivity index (χ3v) is 4.74. The molecule has 1 fully saturated rings. The van der Waals surface area contributed by atoms with Gasteiger partial charge in [-0.05, 0) is 12.8 Å². The van der Waals surface area contributed by atoms with E-state index in [2.05, 4.69) is 15.6 Å². The Labute approximate surface area is 127 Å². The third-order valence-electron chi connectivity index (χ3n) is 3.97. The summed E-state index contributed by atoms with van der Waals surface area (Å²) in [7, 11) is 0. The maximum absolute atomic E-state index is 11.8. The van der Waals surface area contributed by atoms with Crippen LogP contribution in [0.3, 0.4) is 0 Å². The molecule has 2 amide bonds. The molecule has 2 aromatic heterocycles. The number of nitrogens with one attached hydrogen (secondary N) is 2. The van der Waals surface area contributed by atoms with E-state index in [0.717, 1.165) is 36.3 Å². The van der Waals surface area contributed by atoms with Gasteiger partial charge in [-0.25, -0.2) is 9.78 Å². The van der Waals surface area contributed by atoms with Crippen LogP contribution >= 0.6 is 11.3 Å². The van der Waals surface area contributed by atoms with Crippen molar-refractivity contribution in [3.8, 4) is 0 Å². The smallest absolute Gasteiger partial charge is 0.315 e. The van der Waals surface area contributed by atoms with Crippen LogP contribution in [0.5, 0.6) is 0 Å². The summed E-state index contributed by atoms with van der Waals surface area (Å²) in [6.07, 6.45) is 7.63. The van der Waals surface area contributed by atoms with Gasteiger partial charge in [-0.3, -0.25) is 4.40 Å². The van der Waals surface area contributed by atoms with Crippen molar-refractivity contribution in [2.24, 2.45) is 5.92 Å². The minimum Gasteiger partial charge on any atom is -0.393 e. The van der Waals surface area contributed by atoms with E-state index in [9.17, 15) is 9.90 Å². The number of fused-ring (bicyclic) bond motifs is 1. The summed E-state index contributed by atoms with van der Waals surface area (Å²) in [5.74, 6) is 0.183. The van der Waals surface area contributed by atoms with Crippen molar-refractivity contribution in [2.75, 3.05) is 6.54 Å². The van der Waals surface area contributed by atoms with Crippen LogP contribution in [-0.4, -0.2) is 33.2 Å². The van der Waals surface area contributed by atoms with Crippen molar-refractivity contribution in [3.63, 3.8) is 0 Å². The highest BCUT2D eigenvalue weighted by Crippen LogP contribution is 2.23. The molecule has 1 saturated carbocycles. The Morgan fingerprint density at radius 3 is 3.10 bits per heavy atom. The van der Waals surface area contributed by atoms with Gasteiger partial charge in [0.25, 0.3) is 0 Å². The number of hydrogen-bond acceptors (Lipinski definition) is 4. The largest absolute Gasteiger partial charge is 0.393 e. The van der Waals surface area contributed by atoms with Crippen LogP contribution < -0.4 is 10.6 Å². The Hall–Kier alpha value is -1.60. The number of amides is 2. The predicted octanol–water partition coefficient (Wildman–Crippen LogP) is 1.75. The average molecular weight is 308 g/mol. The van der Waals surface area contributed by atoms with Crippen molar-refractivity contribution in [1.29, 1.82) is 0 Å². The summed E-state index contributed by atoms with van der Waals surface area (Å²) in [6.45, 7) is 0.943. The second-order valence-corrected chi connectivity index (χ2v) is 6.37. The molecule has 0 saturated heterocycles. The van der Waals surface area contributed by atoms with E-state index >= 15 is 0 Å². The van der Waals surface area contributed by atoms with Gasteiger partial charge in [-0.15, -0.1) is 11.3 Å². The van der Waals surface area contributed by atoms with Crippen LogP contribution in [0.1, 0.15) is 31.4 Å². The second-order valence-electron chi connectivity index (χ2n) is 5.50. The van der Waals surface area contributed by atoms with Gasteiger partial charge in [0, 0.05) is 30.2 Å². The lowest BCUT2D eigenvalue weighted by molar-refractivity contribution is 0.0709. The maximum atomic E-state index is 11.8. The van der Waals surface area contributed by atoms with Crippen molar-refractivity contribution >= 4 is 22.3 Å². The zero-order valence-corrected chi connectivity index (χ0v) is 12.6. The number of rotatable bonds is 4. The van der Waals surface area contributed by atoms with E-state index in [-0.39, 0.29) is 18.1 Å². The zero-order chi connectivity index (χ0) is 14.7. The van der Waals surface area contributed by atoms with Crippen LogP contribution in [-0.2, 0) is 6.54 Å². The van der Waals surface area contributed by atoms with Gasteiger partial charge >= 0.3 is 6.03 Å². The fourth-order valence-corrected chi connectivity index (χ4v) is 3.46. The summed E-state index contributed by atoms with van der Waals surface area (Å²) < 4.78 is 1.94. The number of aromatic nitrogens is 2. The quantitative estimate of drug-likeness (QED) is 0.805. The number of urea groups is 1. The molecule has 0 unspecified atom stereocenters. The first-order chi connectivity index (χ1) is 10.2. The minimum atomic E-state index is -0.279. The number of carbonyl (C=O) groups is 1. The molecule has 0 spiro atoms. The lowest BCUT2D eigenvalue weighted by Crippen LogP contribution is -2.41. The molecule has 1 aliphatic carbocycles. The predicted molar refractivity (Wildman–Crippen MR) is 81.3 cm³/mol. The van der Waals surface area contributed by atoms with Gasteiger partial charge in [0.2, 0.25) is 0 Å². The van der Waals surface area contributed by atoms with E-state index in [1.165, 1.54) is 0 Å². The van der Waals surface area contributed by atoms with Gasteiger partial charge in [0.05, 0.1) is 18.3 Å². The molecule has 3 N–H and O–H groups in total. The number of hydrogen-bond donors (Lipinski definition) is 3. The summed E-state index contributed by atoms with van der Waals surface area (Å²) in [5.41, 5.74) is 0.842. The van der Waals surface area contributed by atoms with Crippen LogP contribution in [0.25, 0.3) is 4.96 Å². The monoisotopic (exact) mass is 308 g/mol. The maximum Gasteiger partial charge on any atom is 0.315 e. The molecular weight excluding hydrogens is 288 g/mol. The molecule has 3 rings (SSSR count). The van der Waals surface area contributed by atoms with Crippen LogP contribution in [0.4, 0.5) is 4.79 Å². The molecule has 0 aromatic carbocycles. The lowest BCUT2D eigenvalue weighted by Gasteiger charge is -2.27. The van der Waals surface area contributed by atoms with Gasteiger partial charge in [0.1, 0.15) is 0 Å². The van der Waals surface area contributed by atoms with Gasteiger partial charge in [-0.2, -0.15) is 0 Å². The summed E-state index contributed by atoms with van der Waals surface area (Å²) >= 11 is 1.57. The van der Waals surface area contributed by atoms with Gasteiger partial charge in [0.15, 0.2) is 4.96 Å². The Morgan fingerprint density at radius 2 is 2.29 bits per heavy atom. The fourth-order valence-electron chi connectivity index (χ4n) is 2.74. The number of carbonyl (C=O) groups excluding carboxylic acids is 1. The van der Waals surface area contributed by atoms with Gasteiger partial charge < -0.3 is 15.7 Å². The molecule has 2 aromatic rings. The highest BCUT2D eigenvalue weighted by molar-refractivity contribution is 7.15. The number of thiazole rings is 1. The zero-order valence-electron chi connectivity index (χ0n) is 11.8. The molecule has 2 atom stereocenters. The molecule has 114 valence electrons. The Kier molecular flexibility index (Phi) is 4.40. The van der Waals surface area contributed by atoms with Crippen LogP contribution in [0.2, 0.25) is 0 Å². The normalized spacial score (nSPS) is 22.3. The van der Waals surface area contributed by atoms with Crippen molar-refractivity contribution in [3.05, 3.63) is 23.5 Å². The first-order valence-corrected chi connectivity index (χ1v) is 8.21. The van der Waals surface area contributed by atoms with E-state index in [0.29, 0.717) is 13.1 Å². The van der Waals surface area contributed by atoms with E-state index in [1.807, 2.05) is 22.2 Å². The molecule has 0 bridgehead atoms. The van der Waals surface area contributed by atoms with Crippen molar-refractivity contribution in [1.82, 2.24) is 20.0 Å². The number of aliphatic hydroxyl groups is 1. The summed E-state index contributed by atoms with van der Waals surface area (Å²) in [6, 6.07) is -0.205. The van der Waals surface area contributed by atoms with Crippen LogP contribution in [0.15, 0.2) is 17.8 Å². The molecule has 2 heterocycles. The number of nitrogens with zero attached hydrogens (tertiary/aromatic N) is 2. The molecule has 0 aliphatic heterocycles. The molecule has 7 heteroatoms. The standard InChI is InChI=1S/C14H20N4O2S/c19-12-4-2-1-3-10(12)7-15-13(20)16-8-11-9-18-5-6-21-14(18)17-11/h5-6,9-10,12,19H,1-4,7-8H2,(H2,15,16,20)/t10-,12+/m0/s1. The molecular formula is C14H20N4O2S. The van der Waals surface area contributed by atoms with Crippen molar-refractivity contribution < 1.29 is 9.90 Å². The first-order valence-electron chi connectivity index (χ1n) is 7.33. The lowest BCUT2D eigenvalue weighted by atomic mass is 9.86. The van der Waals surface area contributed by atoms with E-state index in [1.54, 1.807) is 11.3 Å². The molecule has 1 aliphatic rings. The highest BCUT2D eigenvalue weighted by atomic mass is 32.1. The Morgan fingerprint density at radius 1 is 1.43 bits per heavy atom. The van der Waals surface area contributed by atoms with Crippen molar-refractivity contribution in [2.45, 2.75) is 38.3 Å². The summed E-state index contributed by atoms with van der Waals surface area (Å²) in [4.78, 5) is 17.1. The number of imidazole rings is 1. The fraction of sp³-hybridized carbons (Fsp3) is 0.571. The Balaban J connectivity index is 1.42. The molecule has 6 nitrogen and oxygen atoms in total. The molecule has 21 heavy (non-hydrogen) atoms. The third kappa shape index (κ3) is 3.54. The van der Waals surface area contributed by atoms with E-state index < -0.39 is 0 Å². The second kappa shape index (κ2) is 6.44. The minimum absolute atomic E-state index is 0.183. The van der Waals surface area contributed by atoms with Crippen LogP contribution in [0, 0.1) is 5.92 Å². The number of aliphatic hydroxyl groups excluding tert-OH is 1. The van der Waals surface area contributed by atoms with Gasteiger partial charge in [-0.1, -0.05) is 12.8 Å². The topological polar surface area (TPSA) is 78.7 Å². The average Bonchev–Trinajstić information content (AvgIpc) is 3.05. The molecule has 0 radical (unpaired) electrons. The SMILES string of the molecule is O=C(NCc1cn2ccsc2n1)NC[C@@H]1CCCC[C@H]1O. The summed E-state index contributed by atoms with van der Waals surface area (Å²) in [5, 5.41) is 17.5. The highest BCUT2D eigenvalue weighted by Gasteiger charge is 2.23. The Bertz CT molecular complexity index is 580. The first kappa shape index (κ1) is 14.3. The van der Waals surface area contributed by atoms with E-state index in [4.69, 9.17) is 0 Å².